The largest absolute Gasteiger partial charge is 0.383 e. The van der Waals surface area contributed by atoms with Crippen LogP contribution < -0.4 is 5.73 Å². The van der Waals surface area contributed by atoms with Crippen molar-refractivity contribution >= 4 is 33.4 Å². The Morgan fingerprint density at radius 3 is 2.95 bits per heavy atom. The standard InChI is InChI=1S/C13H16BrClN2O2/c1-19-5-4-17-12(18)7-11(16)13(17)8-2-3-9(14)10(15)6-8/h2-3,6,11,13H,4-5,7,16H2,1H3. The van der Waals surface area contributed by atoms with Crippen molar-refractivity contribution in [1.29, 1.82) is 0 Å². The Labute approximate surface area is 126 Å². The summed E-state index contributed by atoms with van der Waals surface area (Å²) >= 11 is 9.47. The molecule has 0 spiro atoms. The van der Waals surface area contributed by atoms with Gasteiger partial charge in [0.2, 0.25) is 5.91 Å². The lowest BCUT2D eigenvalue weighted by atomic mass is 10.0. The van der Waals surface area contributed by atoms with E-state index in [1.54, 1.807) is 12.0 Å². The normalized spacial score (nSPS) is 23.2. The number of ether oxygens (including phenoxy) is 1. The quantitative estimate of drug-likeness (QED) is 0.909. The third kappa shape index (κ3) is 3.11. The predicted octanol–water partition coefficient (Wildman–Crippen LogP) is 2.35. The van der Waals surface area contributed by atoms with E-state index in [4.69, 9.17) is 22.1 Å². The molecule has 2 unspecified atom stereocenters. The van der Waals surface area contributed by atoms with Gasteiger partial charge in [0.05, 0.1) is 17.7 Å². The molecular formula is C13H16BrClN2O2. The first-order valence-electron chi connectivity index (χ1n) is 6.03. The van der Waals surface area contributed by atoms with Gasteiger partial charge in [-0.15, -0.1) is 0 Å². The third-order valence-electron chi connectivity index (χ3n) is 3.29. The number of rotatable bonds is 4. The molecule has 1 saturated heterocycles. The predicted molar refractivity (Wildman–Crippen MR) is 78.1 cm³/mol. The van der Waals surface area contributed by atoms with Crippen LogP contribution >= 0.6 is 27.5 Å². The molecule has 1 amide bonds. The Morgan fingerprint density at radius 2 is 2.32 bits per heavy atom. The molecule has 0 radical (unpaired) electrons. The van der Waals surface area contributed by atoms with Crippen molar-refractivity contribution in [3.8, 4) is 0 Å². The van der Waals surface area contributed by atoms with Crippen molar-refractivity contribution in [2.24, 2.45) is 5.73 Å². The number of likely N-dealkylation sites (tertiary alicyclic amines) is 1. The minimum Gasteiger partial charge on any atom is -0.383 e. The lowest BCUT2D eigenvalue weighted by Crippen LogP contribution is -2.35. The highest BCUT2D eigenvalue weighted by Gasteiger charge is 2.38. The number of carbonyl (C=O) groups excluding carboxylic acids is 1. The van der Waals surface area contributed by atoms with Gasteiger partial charge in [0.15, 0.2) is 0 Å². The summed E-state index contributed by atoms with van der Waals surface area (Å²) in [6, 6.07) is 5.34. The van der Waals surface area contributed by atoms with Gasteiger partial charge in [-0.05, 0) is 33.6 Å². The van der Waals surface area contributed by atoms with Gasteiger partial charge >= 0.3 is 0 Å². The maximum Gasteiger partial charge on any atom is 0.224 e. The molecule has 1 fully saturated rings. The van der Waals surface area contributed by atoms with Crippen molar-refractivity contribution < 1.29 is 9.53 Å². The third-order valence-corrected chi connectivity index (χ3v) is 4.53. The number of benzene rings is 1. The molecule has 1 aliphatic rings. The van der Waals surface area contributed by atoms with E-state index in [0.29, 0.717) is 24.6 Å². The number of methoxy groups -OCH3 is 1. The first-order chi connectivity index (χ1) is 9.04. The molecule has 19 heavy (non-hydrogen) atoms. The van der Waals surface area contributed by atoms with E-state index in [-0.39, 0.29) is 18.0 Å². The van der Waals surface area contributed by atoms with Gasteiger partial charge in [0, 0.05) is 30.6 Å². The van der Waals surface area contributed by atoms with Crippen LogP contribution in [0.25, 0.3) is 0 Å². The molecule has 4 nitrogen and oxygen atoms in total. The van der Waals surface area contributed by atoms with Crippen LogP contribution in [0.3, 0.4) is 0 Å². The van der Waals surface area contributed by atoms with E-state index in [1.165, 1.54) is 0 Å². The Morgan fingerprint density at radius 1 is 1.58 bits per heavy atom. The first kappa shape index (κ1) is 14.8. The molecule has 0 saturated carbocycles. The van der Waals surface area contributed by atoms with E-state index in [1.807, 2.05) is 18.2 Å². The van der Waals surface area contributed by atoms with Crippen LogP contribution in [-0.4, -0.2) is 37.1 Å². The van der Waals surface area contributed by atoms with Crippen molar-refractivity contribution in [1.82, 2.24) is 4.90 Å². The molecule has 104 valence electrons. The maximum atomic E-state index is 12.0. The maximum absolute atomic E-state index is 12.0. The van der Waals surface area contributed by atoms with Gasteiger partial charge in [0.1, 0.15) is 0 Å². The van der Waals surface area contributed by atoms with Crippen molar-refractivity contribution in [2.75, 3.05) is 20.3 Å². The number of nitrogens with two attached hydrogens (primary N) is 1. The molecule has 0 aromatic heterocycles. The number of amides is 1. The fourth-order valence-electron chi connectivity index (χ4n) is 2.39. The monoisotopic (exact) mass is 346 g/mol. The molecule has 1 aromatic rings. The average Bonchev–Trinajstić information content (AvgIpc) is 2.65. The van der Waals surface area contributed by atoms with Crippen LogP contribution in [0.1, 0.15) is 18.0 Å². The molecule has 2 N–H and O–H groups in total. The van der Waals surface area contributed by atoms with E-state index in [2.05, 4.69) is 15.9 Å². The number of halogens is 2. The van der Waals surface area contributed by atoms with E-state index in [9.17, 15) is 4.79 Å². The summed E-state index contributed by atoms with van der Waals surface area (Å²) in [5.74, 6) is 0.0635. The topological polar surface area (TPSA) is 55.6 Å². The van der Waals surface area contributed by atoms with Crippen LogP contribution in [0.2, 0.25) is 5.02 Å². The smallest absolute Gasteiger partial charge is 0.224 e. The molecule has 1 aliphatic heterocycles. The Kier molecular flexibility index (Phi) is 4.84. The van der Waals surface area contributed by atoms with E-state index >= 15 is 0 Å². The lowest BCUT2D eigenvalue weighted by molar-refractivity contribution is -0.129. The van der Waals surface area contributed by atoms with E-state index < -0.39 is 0 Å². The number of nitrogens with zero attached hydrogens (tertiary/aromatic N) is 1. The summed E-state index contributed by atoms with van der Waals surface area (Å²) in [6.07, 6.45) is 0.363. The second-order valence-electron chi connectivity index (χ2n) is 4.57. The van der Waals surface area contributed by atoms with Gasteiger partial charge in [-0.1, -0.05) is 17.7 Å². The number of carbonyl (C=O) groups is 1. The summed E-state index contributed by atoms with van der Waals surface area (Å²) < 4.78 is 5.88. The molecular weight excluding hydrogens is 332 g/mol. The average molecular weight is 348 g/mol. The summed E-state index contributed by atoms with van der Waals surface area (Å²) in [4.78, 5) is 13.7. The van der Waals surface area contributed by atoms with Crippen molar-refractivity contribution in [3.63, 3.8) is 0 Å². The minimum absolute atomic E-state index is 0.0635. The van der Waals surface area contributed by atoms with Crippen molar-refractivity contribution in [2.45, 2.75) is 18.5 Å². The van der Waals surface area contributed by atoms with Gasteiger partial charge in [-0.2, -0.15) is 0 Å². The fourth-order valence-corrected chi connectivity index (χ4v) is 2.83. The van der Waals surface area contributed by atoms with Crippen LogP contribution in [0.4, 0.5) is 0 Å². The van der Waals surface area contributed by atoms with Gasteiger partial charge in [0.25, 0.3) is 0 Å². The molecule has 2 atom stereocenters. The number of hydrogen-bond acceptors (Lipinski definition) is 3. The fraction of sp³-hybridized carbons (Fsp3) is 0.462. The summed E-state index contributed by atoms with van der Waals surface area (Å²) in [5.41, 5.74) is 7.05. The minimum atomic E-state index is -0.207. The van der Waals surface area contributed by atoms with Crippen molar-refractivity contribution in [3.05, 3.63) is 33.3 Å². The zero-order valence-electron chi connectivity index (χ0n) is 10.6. The van der Waals surface area contributed by atoms with Gasteiger partial charge < -0.3 is 15.4 Å². The second-order valence-corrected chi connectivity index (χ2v) is 5.83. The second kappa shape index (κ2) is 6.22. The molecule has 2 rings (SSSR count). The highest BCUT2D eigenvalue weighted by Crippen LogP contribution is 2.34. The molecule has 1 aromatic carbocycles. The SMILES string of the molecule is COCCN1C(=O)CC(N)C1c1ccc(Br)c(Cl)c1. The highest BCUT2D eigenvalue weighted by molar-refractivity contribution is 9.10. The van der Waals surface area contributed by atoms with Crippen LogP contribution in [0.5, 0.6) is 0 Å². The zero-order chi connectivity index (χ0) is 14.0. The van der Waals surface area contributed by atoms with E-state index in [0.717, 1.165) is 10.0 Å². The summed E-state index contributed by atoms with van der Waals surface area (Å²) in [6.45, 7) is 1.04. The Bertz CT molecular complexity index is 484. The summed E-state index contributed by atoms with van der Waals surface area (Å²) in [7, 11) is 1.62. The summed E-state index contributed by atoms with van der Waals surface area (Å²) in [5, 5.41) is 0.621. The van der Waals surface area contributed by atoms with Crippen LogP contribution in [0, 0.1) is 0 Å². The first-order valence-corrected chi connectivity index (χ1v) is 7.20. The van der Waals surface area contributed by atoms with Crippen LogP contribution in [0.15, 0.2) is 22.7 Å². The molecule has 0 bridgehead atoms. The highest BCUT2D eigenvalue weighted by atomic mass is 79.9. The number of hydrogen-bond donors (Lipinski definition) is 1. The Balaban J connectivity index is 2.28. The lowest BCUT2D eigenvalue weighted by Gasteiger charge is -2.27. The molecule has 1 heterocycles. The Hall–Kier alpha value is -0.620. The molecule has 0 aliphatic carbocycles. The molecule has 6 heteroatoms. The zero-order valence-corrected chi connectivity index (χ0v) is 12.9. The van der Waals surface area contributed by atoms with Gasteiger partial charge in [-0.25, -0.2) is 0 Å². The van der Waals surface area contributed by atoms with Gasteiger partial charge in [-0.3, -0.25) is 4.79 Å². The van der Waals surface area contributed by atoms with Crippen LogP contribution in [-0.2, 0) is 9.53 Å².